The zero-order valence-electron chi connectivity index (χ0n) is 10.9. The second kappa shape index (κ2) is 6.36. The summed E-state index contributed by atoms with van der Waals surface area (Å²) in [6, 6.07) is 5.24. The number of hydrogen-bond acceptors (Lipinski definition) is 4. The van der Waals surface area contributed by atoms with Crippen molar-refractivity contribution in [3.63, 3.8) is 0 Å². The molecule has 0 bridgehead atoms. The van der Waals surface area contributed by atoms with Gasteiger partial charge < -0.3 is 20.7 Å². The Balaban J connectivity index is 1.92. The number of benzene rings is 1. The number of hydrogen-bond donors (Lipinski definition) is 2. The van der Waals surface area contributed by atoms with E-state index in [4.69, 9.17) is 10.5 Å². The first-order chi connectivity index (χ1) is 9.06. The highest BCUT2D eigenvalue weighted by Gasteiger charge is 2.19. The number of carbonyl (C=O) groups excluding carboxylic acids is 1. The molecule has 1 aliphatic heterocycles. The summed E-state index contributed by atoms with van der Waals surface area (Å²) in [5.41, 5.74) is 6.76. The summed E-state index contributed by atoms with van der Waals surface area (Å²) in [6.45, 7) is 2.96. The van der Waals surface area contributed by atoms with Crippen LogP contribution >= 0.6 is 15.9 Å². The lowest BCUT2D eigenvalue weighted by molar-refractivity contribution is -0.0174. The van der Waals surface area contributed by atoms with Gasteiger partial charge in [0.1, 0.15) is 0 Å². The Hall–Kier alpha value is -1.11. The minimum atomic E-state index is -0.171. The van der Waals surface area contributed by atoms with E-state index in [9.17, 15) is 4.79 Å². The minimum absolute atomic E-state index is 0.0380. The fourth-order valence-electron chi connectivity index (χ4n) is 2.02. The van der Waals surface area contributed by atoms with E-state index in [0.29, 0.717) is 24.4 Å². The van der Waals surface area contributed by atoms with Gasteiger partial charge in [0.05, 0.1) is 18.3 Å². The van der Waals surface area contributed by atoms with E-state index < -0.39 is 0 Å². The van der Waals surface area contributed by atoms with E-state index in [2.05, 4.69) is 26.1 Å². The molecule has 1 heterocycles. The van der Waals surface area contributed by atoms with Crippen LogP contribution in [0.25, 0.3) is 0 Å². The Kier molecular flexibility index (Phi) is 4.79. The van der Waals surface area contributed by atoms with Crippen molar-refractivity contribution in [2.45, 2.75) is 6.10 Å². The van der Waals surface area contributed by atoms with Gasteiger partial charge in [0.2, 0.25) is 0 Å². The van der Waals surface area contributed by atoms with Crippen LogP contribution in [0.2, 0.25) is 0 Å². The average Bonchev–Trinajstić information content (AvgIpc) is 2.39. The number of amides is 1. The van der Waals surface area contributed by atoms with Crippen LogP contribution in [0.1, 0.15) is 10.4 Å². The van der Waals surface area contributed by atoms with Crippen LogP contribution < -0.4 is 11.1 Å². The van der Waals surface area contributed by atoms with Crippen LogP contribution in [0.3, 0.4) is 0 Å². The summed E-state index contributed by atoms with van der Waals surface area (Å²) in [6.07, 6.45) is 0.0380. The van der Waals surface area contributed by atoms with E-state index >= 15 is 0 Å². The van der Waals surface area contributed by atoms with E-state index in [1.807, 2.05) is 13.1 Å². The zero-order valence-corrected chi connectivity index (χ0v) is 12.4. The number of ether oxygens (including phenoxy) is 1. The first kappa shape index (κ1) is 14.3. The van der Waals surface area contributed by atoms with Gasteiger partial charge in [-0.05, 0) is 25.2 Å². The molecule has 0 saturated carbocycles. The molecule has 6 heteroatoms. The fraction of sp³-hybridized carbons (Fsp3) is 0.462. The number of anilines is 1. The van der Waals surface area contributed by atoms with Crippen molar-refractivity contribution in [1.29, 1.82) is 0 Å². The predicted octanol–water partition coefficient (Wildman–Crippen LogP) is 1.09. The SMILES string of the molecule is CN1CCOC(CNC(=O)c2cc(Br)ccc2N)C1. The number of rotatable bonds is 3. The standard InChI is InChI=1S/C13H18BrN3O2/c1-17-4-5-19-10(8-17)7-16-13(18)11-6-9(14)2-3-12(11)15/h2-3,6,10H,4-5,7-8,15H2,1H3,(H,16,18). The molecule has 1 aliphatic rings. The van der Waals surface area contributed by atoms with Gasteiger partial charge in [-0.1, -0.05) is 15.9 Å². The molecule has 104 valence electrons. The smallest absolute Gasteiger partial charge is 0.253 e. The minimum Gasteiger partial charge on any atom is -0.398 e. The number of nitrogens with one attached hydrogen (secondary N) is 1. The Morgan fingerprint density at radius 1 is 1.63 bits per heavy atom. The number of nitrogens with two attached hydrogens (primary N) is 1. The van der Waals surface area contributed by atoms with Crippen LogP contribution in [-0.2, 0) is 4.74 Å². The second-order valence-corrected chi connectivity index (χ2v) is 5.61. The molecule has 1 unspecified atom stereocenters. The van der Waals surface area contributed by atoms with Crippen molar-refractivity contribution in [2.75, 3.05) is 39.0 Å². The van der Waals surface area contributed by atoms with Gasteiger partial charge in [0.25, 0.3) is 5.91 Å². The van der Waals surface area contributed by atoms with E-state index in [-0.39, 0.29) is 12.0 Å². The third-order valence-corrected chi connectivity index (χ3v) is 3.59. The van der Waals surface area contributed by atoms with Crippen molar-refractivity contribution >= 4 is 27.5 Å². The van der Waals surface area contributed by atoms with Gasteiger partial charge in [0.15, 0.2) is 0 Å². The van der Waals surface area contributed by atoms with Crippen LogP contribution in [-0.4, -0.2) is 50.2 Å². The summed E-state index contributed by atoms with van der Waals surface area (Å²) in [5.74, 6) is -0.171. The van der Waals surface area contributed by atoms with Crippen molar-refractivity contribution in [2.24, 2.45) is 0 Å². The summed E-state index contributed by atoms with van der Waals surface area (Å²) in [5, 5.41) is 2.87. The number of likely N-dealkylation sites (N-methyl/N-ethyl adjacent to an activating group) is 1. The molecule has 1 atom stereocenters. The molecular weight excluding hydrogens is 310 g/mol. The highest BCUT2D eigenvalue weighted by atomic mass is 79.9. The Morgan fingerprint density at radius 3 is 3.16 bits per heavy atom. The van der Waals surface area contributed by atoms with Crippen LogP contribution in [0, 0.1) is 0 Å². The maximum atomic E-state index is 12.1. The Bertz CT molecular complexity index is 467. The first-order valence-electron chi connectivity index (χ1n) is 6.19. The highest BCUT2D eigenvalue weighted by Crippen LogP contribution is 2.18. The quantitative estimate of drug-likeness (QED) is 0.815. The number of carbonyl (C=O) groups is 1. The highest BCUT2D eigenvalue weighted by molar-refractivity contribution is 9.10. The topological polar surface area (TPSA) is 67.6 Å². The summed E-state index contributed by atoms with van der Waals surface area (Å²) in [4.78, 5) is 14.2. The monoisotopic (exact) mass is 327 g/mol. The fourth-order valence-corrected chi connectivity index (χ4v) is 2.38. The lowest BCUT2D eigenvalue weighted by Gasteiger charge is -2.30. The first-order valence-corrected chi connectivity index (χ1v) is 6.99. The van der Waals surface area contributed by atoms with Crippen LogP contribution in [0.4, 0.5) is 5.69 Å². The molecule has 1 aromatic carbocycles. The van der Waals surface area contributed by atoms with Crippen molar-refractivity contribution in [3.8, 4) is 0 Å². The third-order valence-electron chi connectivity index (χ3n) is 3.09. The van der Waals surface area contributed by atoms with E-state index in [1.165, 1.54) is 0 Å². The summed E-state index contributed by atoms with van der Waals surface area (Å²) in [7, 11) is 2.05. The van der Waals surface area contributed by atoms with Crippen LogP contribution in [0.15, 0.2) is 22.7 Å². The molecule has 0 radical (unpaired) electrons. The van der Waals surface area contributed by atoms with Gasteiger partial charge in [-0.25, -0.2) is 0 Å². The summed E-state index contributed by atoms with van der Waals surface area (Å²) < 4.78 is 6.43. The van der Waals surface area contributed by atoms with Gasteiger partial charge in [-0.3, -0.25) is 4.79 Å². The molecule has 2 rings (SSSR count). The molecule has 0 spiro atoms. The zero-order chi connectivity index (χ0) is 13.8. The van der Waals surface area contributed by atoms with Crippen molar-refractivity contribution in [1.82, 2.24) is 10.2 Å². The molecule has 3 N–H and O–H groups in total. The van der Waals surface area contributed by atoms with Crippen LogP contribution in [0.5, 0.6) is 0 Å². The van der Waals surface area contributed by atoms with E-state index in [1.54, 1.807) is 12.1 Å². The number of morpholine rings is 1. The normalized spacial score (nSPS) is 20.2. The van der Waals surface area contributed by atoms with Crippen molar-refractivity contribution in [3.05, 3.63) is 28.2 Å². The molecule has 1 saturated heterocycles. The molecular formula is C13H18BrN3O2. The summed E-state index contributed by atoms with van der Waals surface area (Å²) >= 11 is 3.33. The largest absolute Gasteiger partial charge is 0.398 e. The molecule has 1 amide bonds. The molecule has 1 fully saturated rings. The predicted molar refractivity (Wildman–Crippen MR) is 78.1 cm³/mol. The number of nitrogen functional groups attached to an aromatic ring is 1. The van der Waals surface area contributed by atoms with Gasteiger partial charge in [-0.2, -0.15) is 0 Å². The van der Waals surface area contributed by atoms with E-state index in [0.717, 1.165) is 17.6 Å². The molecule has 19 heavy (non-hydrogen) atoms. The number of nitrogens with zero attached hydrogens (tertiary/aromatic N) is 1. The molecule has 5 nitrogen and oxygen atoms in total. The third kappa shape index (κ3) is 3.92. The maximum Gasteiger partial charge on any atom is 0.253 e. The number of halogens is 1. The average molecular weight is 328 g/mol. The molecule has 0 aliphatic carbocycles. The van der Waals surface area contributed by atoms with Gasteiger partial charge >= 0.3 is 0 Å². The lowest BCUT2D eigenvalue weighted by atomic mass is 10.1. The van der Waals surface area contributed by atoms with Gasteiger partial charge in [0, 0.05) is 29.8 Å². The molecule has 0 aromatic heterocycles. The maximum absolute atomic E-state index is 12.1. The molecule has 1 aromatic rings. The Labute approximate surface area is 121 Å². The Morgan fingerprint density at radius 2 is 2.42 bits per heavy atom. The van der Waals surface area contributed by atoms with Crippen molar-refractivity contribution < 1.29 is 9.53 Å². The second-order valence-electron chi connectivity index (χ2n) is 4.70. The lowest BCUT2D eigenvalue weighted by Crippen LogP contribution is -2.46. The van der Waals surface area contributed by atoms with Gasteiger partial charge in [-0.15, -0.1) is 0 Å².